The largest absolute Gasteiger partial charge is 0.384 e. The number of pyridine rings is 1. The highest BCUT2D eigenvalue weighted by atomic mass is 32.1. The van der Waals surface area contributed by atoms with E-state index in [2.05, 4.69) is 10.3 Å². The molecule has 3 N–H and O–H groups in total. The van der Waals surface area contributed by atoms with Gasteiger partial charge < -0.3 is 15.4 Å². The van der Waals surface area contributed by atoms with Gasteiger partial charge in [0.05, 0.1) is 5.60 Å². The van der Waals surface area contributed by atoms with E-state index in [0.29, 0.717) is 18.7 Å². The quantitative estimate of drug-likeness (QED) is 0.678. The molecule has 0 aliphatic heterocycles. The molecule has 0 spiro atoms. The Kier molecular flexibility index (Phi) is 4.11. The fraction of sp³-hybridized carbons (Fsp3) is 0.235. The molecule has 4 nitrogen and oxygen atoms in total. The molecule has 0 aliphatic carbocycles. The van der Waals surface area contributed by atoms with Crippen LogP contribution < -0.4 is 10.9 Å². The summed E-state index contributed by atoms with van der Waals surface area (Å²) in [7, 11) is 0. The van der Waals surface area contributed by atoms with Crippen molar-refractivity contribution in [3.8, 4) is 0 Å². The van der Waals surface area contributed by atoms with Gasteiger partial charge in [-0.05, 0) is 46.8 Å². The first-order valence-electron chi connectivity index (χ1n) is 7.13. The van der Waals surface area contributed by atoms with Crippen LogP contribution in [-0.4, -0.2) is 16.6 Å². The van der Waals surface area contributed by atoms with Gasteiger partial charge in [-0.2, -0.15) is 11.3 Å². The number of aliphatic hydroxyl groups is 1. The predicted molar refractivity (Wildman–Crippen MR) is 90.2 cm³/mol. The van der Waals surface area contributed by atoms with Crippen molar-refractivity contribution in [2.24, 2.45) is 0 Å². The fourth-order valence-electron chi connectivity index (χ4n) is 2.44. The molecule has 1 aromatic carbocycles. The number of thiophene rings is 1. The minimum absolute atomic E-state index is 0.0959. The third-order valence-electron chi connectivity index (χ3n) is 3.76. The lowest BCUT2D eigenvalue weighted by atomic mass is 9.99. The van der Waals surface area contributed by atoms with E-state index >= 15 is 0 Å². The molecule has 3 rings (SSSR count). The van der Waals surface area contributed by atoms with Gasteiger partial charge in [0, 0.05) is 24.2 Å². The molecule has 114 valence electrons. The number of hydrogen-bond acceptors (Lipinski definition) is 4. The predicted octanol–water partition coefficient (Wildman–Crippen LogP) is 2.59. The van der Waals surface area contributed by atoms with Crippen molar-refractivity contribution in [2.45, 2.75) is 19.1 Å². The first-order chi connectivity index (χ1) is 10.6. The second kappa shape index (κ2) is 6.04. The third kappa shape index (κ3) is 3.11. The monoisotopic (exact) mass is 314 g/mol. The van der Waals surface area contributed by atoms with Crippen LogP contribution >= 0.6 is 11.3 Å². The smallest absolute Gasteiger partial charge is 0.252 e. The van der Waals surface area contributed by atoms with Gasteiger partial charge in [-0.25, -0.2) is 0 Å². The van der Waals surface area contributed by atoms with E-state index in [-0.39, 0.29) is 5.56 Å². The van der Waals surface area contributed by atoms with Gasteiger partial charge in [-0.3, -0.25) is 4.79 Å². The van der Waals surface area contributed by atoms with Gasteiger partial charge in [0.1, 0.15) is 0 Å². The Labute approximate surface area is 132 Å². The first kappa shape index (κ1) is 15.0. The average Bonchev–Trinajstić information content (AvgIpc) is 3.03. The molecule has 2 heterocycles. The van der Waals surface area contributed by atoms with Crippen LogP contribution in [0.4, 0.5) is 0 Å². The number of aromatic nitrogens is 1. The van der Waals surface area contributed by atoms with Gasteiger partial charge in [0.25, 0.3) is 5.56 Å². The van der Waals surface area contributed by atoms with Crippen LogP contribution in [0.2, 0.25) is 0 Å². The van der Waals surface area contributed by atoms with Crippen LogP contribution in [0.3, 0.4) is 0 Å². The van der Waals surface area contributed by atoms with Gasteiger partial charge in [0.15, 0.2) is 0 Å². The molecule has 2 aromatic heterocycles. The Morgan fingerprint density at radius 3 is 2.91 bits per heavy atom. The Balaban J connectivity index is 1.72. The maximum Gasteiger partial charge on any atom is 0.252 e. The zero-order chi connectivity index (χ0) is 15.6. The Bertz CT molecular complexity index is 822. The molecule has 5 heteroatoms. The molecule has 0 bridgehead atoms. The van der Waals surface area contributed by atoms with Crippen LogP contribution in [0.15, 0.2) is 52.0 Å². The van der Waals surface area contributed by atoms with E-state index < -0.39 is 5.60 Å². The zero-order valence-electron chi connectivity index (χ0n) is 12.3. The van der Waals surface area contributed by atoms with Gasteiger partial charge in [0.2, 0.25) is 0 Å². The van der Waals surface area contributed by atoms with E-state index in [4.69, 9.17) is 0 Å². The summed E-state index contributed by atoms with van der Waals surface area (Å²) in [6.07, 6.45) is 0. The number of benzene rings is 1. The number of rotatable bonds is 5. The normalized spacial score (nSPS) is 14.1. The van der Waals surface area contributed by atoms with Crippen LogP contribution in [0.5, 0.6) is 0 Å². The van der Waals surface area contributed by atoms with Gasteiger partial charge in [-0.15, -0.1) is 0 Å². The summed E-state index contributed by atoms with van der Waals surface area (Å²) in [5.41, 5.74) is 1.35. The highest BCUT2D eigenvalue weighted by Crippen LogP contribution is 2.22. The van der Waals surface area contributed by atoms with Crippen molar-refractivity contribution >= 4 is 22.2 Å². The Hall–Kier alpha value is -1.95. The molecule has 0 fully saturated rings. The molecule has 0 saturated carbocycles. The zero-order valence-corrected chi connectivity index (χ0v) is 13.1. The van der Waals surface area contributed by atoms with E-state index in [1.54, 1.807) is 18.3 Å². The number of fused-ring (bicyclic) bond motifs is 1. The van der Waals surface area contributed by atoms with Gasteiger partial charge in [-0.1, -0.05) is 18.2 Å². The van der Waals surface area contributed by atoms with E-state index in [9.17, 15) is 9.90 Å². The summed E-state index contributed by atoms with van der Waals surface area (Å²) in [5, 5.41) is 18.5. The molecule has 0 amide bonds. The number of para-hydroxylation sites is 1. The lowest BCUT2D eigenvalue weighted by Gasteiger charge is -2.22. The van der Waals surface area contributed by atoms with Crippen LogP contribution in [0.25, 0.3) is 10.9 Å². The summed E-state index contributed by atoms with van der Waals surface area (Å²) in [5.74, 6) is 0. The molecule has 1 atom stereocenters. The summed E-state index contributed by atoms with van der Waals surface area (Å²) >= 11 is 1.56. The lowest BCUT2D eigenvalue weighted by molar-refractivity contribution is 0.0571. The second-order valence-corrected chi connectivity index (χ2v) is 6.38. The number of H-pyrrole nitrogens is 1. The fourth-order valence-corrected chi connectivity index (χ4v) is 3.22. The van der Waals surface area contributed by atoms with Gasteiger partial charge >= 0.3 is 0 Å². The molecule has 22 heavy (non-hydrogen) atoms. The summed E-state index contributed by atoms with van der Waals surface area (Å²) in [6.45, 7) is 2.57. The van der Waals surface area contributed by atoms with Crippen LogP contribution in [0.1, 0.15) is 18.1 Å². The second-order valence-electron chi connectivity index (χ2n) is 5.60. The van der Waals surface area contributed by atoms with E-state index in [1.165, 1.54) is 0 Å². The number of hydrogen-bond donors (Lipinski definition) is 3. The minimum atomic E-state index is -0.941. The van der Waals surface area contributed by atoms with Crippen molar-refractivity contribution in [3.63, 3.8) is 0 Å². The van der Waals surface area contributed by atoms with Crippen molar-refractivity contribution in [1.29, 1.82) is 0 Å². The molecule has 0 saturated heterocycles. The topological polar surface area (TPSA) is 65.1 Å². The Morgan fingerprint density at radius 1 is 1.32 bits per heavy atom. The standard InChI is InChI=1S/C17H18N2O2S/c1-17(21,14-6-7-22-10-14)11-18-9-13-8-12-4-2-3-5-15(12)19-16(13)20/h2-8,10,18,21H,9,11H2,1H3,(H,19,20). The molecular formula is C17H18N2O2S. The highest BCUT2D eigenvalue weighted by Gasteiger charge is 2.22. The summed E-state index contributed by atoms with van der Waals surface area (Å²) in [4.78, 5) is 14.9. The minimum Gasteiger partial charge on any atom is -0.384 e. The Morgan fingerprint density at radius 2 is 2.14 bits per heavy atom. The average molecular weight is 314 g/mol. The van der Waals surface area contributed by atoms with Crippen molar-refractivity contribution < 1.29 is 5.11 Å². The maximum atomic E-state index is 12.1. The highest BCUT2D eigenvalue weighted by molar-refractivity contribution is 7.08. The van der Waals surface area contributed by atoms with E-state index in [0.717, 1.165) is 16.5 Å². The lowest BCUT2D eigenvalue weighted by Crippen LogP contribution is -2.35. The van der Waals surface area contributed by atoms with Crippen LogP contribution in [-0.2, 0) is 12.1 Å². The molecular weight excluding hydrogens is 296 g/mol. The maximum absolute atomic E-state index is 12.1. The van der Waals surface area contributed by atoms with Crippen molar-refractivity contribution in [3.05, 3.63) is 68.6 Å². The van der Waals surface area contributed by atoms with Crippen molar-refractivity contribution in [1.82, 2.24) is 10.3 Å². The third-order valence-corrected chi connectivity index (χ3v) is 4.44. The molecule has 0 aliphatic rings. The first-order valence-corrected chi connectivity index (χ1v) is 8.07. The molecule has 1 unspecified atom stereocenters. The molecule has 0 radical (unpaired) electrons. The summed E-state index contributed by atoms with van der Waals surface area (Å²) in [6, 6.07) is 11.5. The SMILES string of the molecule is CC(O)(CNCc1cc2ccccc2[nH]c1=O)c1ccsc1. The molecule has 3 aromatic rings. The summed E-state index contributed by atoms with van der Waals surface area (Å²) < 4.78 is 0. The van der Waals surface area contributed by atoms with Crippen molar-refractivity contribution in [2.75, 3.05) is 6.54 Å². The van der Waals surface area contributed by atoms with E-state index in [1.807, 2.05) is 47.2 Å². The number of nitrogens with one attached hydrogen (secondary N) is 2. The van der Waals surface area contributed by atoms with Crippen LogP contribution in [0, 0.1) is 0 Å². The number of aromatic amines is 1.